The number of halogens is 1. The number of hydrogen-bond acceptors (Lipinski definition) is 8. The van der Waals surface area contributed by atoms with E-state index in [0.29, 0.717) is 22.9 Å². The van der Waals surface area contributed by atoms with E-state index in [9.17, 15) is 0 Å². The highest BCUT2D eigenvalue weighted by Gasteiger charge is 2.21. The first-order chi connectivity index (χ1) is 21.5. The number of fused-ring (bicyclic) bond motifs is 1. The predicted molar refractivity (Wildman–Crippen MR) is 177 cm³/mol. The fraction of sp³-hybridized carbons (Fsp3) is 0.469. The molecule has 0 bridgehead atoms. The number of aromatic nitrogens is 3. The number of morpholine rings is 1. The number of aliphatic imine (C=N–C) groups is 2. The Balaban J connectivity index is 0.00000216. The maximum Gasteiger partial charge on any atom is 0.181 e. The fourth-order valence-electron chi connectivity index (χ4n) is 5.15. The van der Waals surface area contributed by atoms with E-state index in [1.54, 1.807) is 12.1 Å². The Morgan fingerprint density at radius 1 is 1.11 bits per heavy atom. The lowest BCUT2D eigenvalue weighted by molar-refractivity contribution is 0.0315. The topological polar surface area (TPSA) is 109 Å². The fourth-order valence-corrected chi connectivity index (χ4v) is 5.15. The van der Waals surface area contributed by atoms with Crippen LogP contribution in [0.3, 0.4) is 0 Å². The van der Waals surface area contributed by atoms with E-state index in [1.807, 2.05) is 58.1 Å². The van der Waals surface area contributed by atoms with Gasteiger partial charge in [-0.05, 0) is 44.8 Å². The summed E-state index contributed by atoms with van der Waals surface area (Å²) < 4.78 is 26.4. The van der Waals surface area contributed by atoms with Crippen LogP contribution in [0.5, 0.6) is 5.75 Å². The molecule has 3 N–H and O–H groups in total. The monoisotopic (exact) mass is 607 g/mol. The average molecular weight is 608 g/mol. The molecular formula is C32H46FN9O2. The molecule has 1 aromatic carbocycles. The highest BCUT2D eigenvalue weighted by Crippen LogP contribution is 2.27. The lowest BCUT2D eigenvalue weighted by Gasteiger charge is -2.37. The number of hydrogen-bond donors (Lipinski definition) is 3. The van der Waals surface area contributed by atoms with Crippen LogP contribution in [-0.2, 0) is 4.74 Å². The molecule has 12 heteroatoms. The summed E-state index contributed by atoms with van der Waals surface area (Å²) in [4.78, 5) is 19.2. The Hall–Kier alpha value is -4.00. The largest absolute Gasteiger partial charge is 0.468 e. The summed E-state index contributed by atoms with van der Waals surface area (Å²) in [5.74, 6) is 1.55. The van der Waals surface area contributed by atoms with Crippen molar-refractivity contribution in [2.24, 2.45) is 9.98 Å². The molecule has 0 unspecified atom stereocenters. The van der Waals surface area contributed by atoms with Crippen LogP contribution in [0.25, 0.3) is 17.0 Å². The second-order valence-corrected chi connectivity index (χ2v) is 10.4. The molecule has 0 spiro atoms. The van der Waals surface area contributed by atoms with Gasteiger partial charge in [-0.1, -0.05) is 19.9 Å². The van der Waals surface area contributed by atoms with E-state index in [1.165, 1.54) is 0 Å². The van der Waals surface area contributed by atoms with Gasteiger partial charge in [-0.3, -0.25) is 14.9 Å². The minimum absolute atomic E-state index is 0.0484. The van der Waals surface area contributed by atoms with E-state index < -0.39 is 5.82 Å². The molecule has 2 aromatic heterocycles. The summed E-state index contributed by atoms with van der Waals surface area (Å²) in [5, 5.41) is 11.0. The van der Waals surface area contributed by atoms with Gasteiger partial charge < -0.3 is 24.7 Å². The summed E-state index contributed by atoms with van der Waals surface area (Å²) in [6, 6.07) is 7.10. The maximum absolute atomic E-state index is 15.1. The lowest BCUT2D eigenvalue weighted by Crippen LogP contribution is -2.50. The Kier molecular flexibility index (Phi) is 12.5. The van der Waals surface area contributed by atoms with Crippen LogP contribution < -0.4 is 10.1 Å². The predicted octanol–water partition coefficient (Wildman–Crippen LogP) is 4.74. The van der Waals surface area contributed by atoms with Crippen LogP contribution in [0.4, 0.5) is 10.2 Å². The number of nitrogens with zero attached hydrogens (tertiary/aromatic N) is 6. The van der Waals surface area contributed by atoms with Gasteiger partial charge in [-0.15, -0.1) is 0 Å². The molecule has 2 saturated heterocycles. The van der Waals surface area contributed by atoms with Crippen molar-refractivity contribution in [3.63, 3.8) is 0 Å². The Morgan fingerprint density at radius 3 is 2.55 bits per heavy atom. The van der Waals surface area contributed by atoms with E-state index >= 15 is 4.39 Å². The van der Waals surface area contributed by atoms with Crippen molar-refractivity contribution in [1.82, 2.24) is 29.9 Å². The minimum Gasteiger partial charge on any atom is -0.468 e. The number of piperazine rings is 1. The number of allylic oxidation sites excluding steroid dienone is 1. The van der Waals surface area contributed by atoms with E-state index in [-0.39, 0.29) is 12.5 Å². The molecule has 44 heavy (non-hydrogen) atoms. The molecule has 2 fully saturated rings. The Morgan fingerprint density at radius 2 is 1.84 bits per heavy atom. The zero-order valence-electron chi connectivity index (χ0n) is 26.4. The van der Waals surface area contributed by atoms with Crippen molar-refractivity contribution in [2.45, 2.75) is 27.7 Å². The first-order valence-corrected chi connectivity index (χ1v) is 15.4. The first-order valence-electron chi connectivity index (χ1n) is 15.4. The molecular weight excluding hydrogens is 561 g/mol. The molecule has 0 aliphatic carbocycles. The van der Waals surface area contributed by atoms with Crippen LogP contribution >= 0.6 is 0 Å². The van der Waals surface area contributed by atoms with Crippen molar-refractivity contribution in [3.8, 4) is 5.75 Å². The van der Waals surface area contributed by atoms with Gasteiger partial charge in [-0.25, -0.2) is 14.4 Å². The second kappa shape index (κ2) is 16.7. The van der Waals surface area contributed by atoms with Gasteiger partial charge >= 0.3 is 0 Å². The van der Waals surface area contributed by atoms with Crippen molar-refractivity contribution in [2.75, 3.05) is 77.6 Å². The van der Waals surface area contributed by atoms with Crippen LogP contribution in [0, 0.1) is 12.7 Å². The molecule has 2 aliphatic rings. The van der Waals surface area contributed by atoms with Gasteiger partial charge in [-0.2, -0.15) is 5.10 Å². The quantitative estimate of drug-likeness (QED) is 0.214. The SMILES string of the molecule is C=N/C(=C\C(=N/COc1ccc2[nH]c(C)cc2c1F)N1CCN(CCN2CCOCC2)CC1)Nc1cc(/C=C/C)[nH]n1.CC. The molecule has 0 amide bonds. The van der Waals surface area contributed by atoms with E-state index in [4.69, 9.17) is 14.5 Å². The van der Waals surface area contributed by atoms with Gasteiger partial charge in [0.25, 0.3) is 0 Å². The molecule has 2 aliphatic heterocycles. The summed E-state index contributed by atoms with van der Waals surface area (Å²) in [6.45, 7) is 20.6. The second-order valence-electron chi connectivity index (χ2n) is 10.4. The van der Waals surface area contributed by atoms with Gasteiger partial charge in [0, 0.05) is 81.1 Å². The number of benzene rings is 1. The summed E-state index contributed by atoms with van der Waals surface area (Å²) >= 11 is 0. The van der Waals surface area contributed by atoms with E-state index in [0.717, 1.165) is 82.5 Å². The Bertz CT molecular complexity index is 1430. The van der Waals surface area contributed by atoms with Crippen molar-refractivity contribution in [3.05, 3.63) is 59.4 Å². The summed E-state index contributed by atoms with van der Waals surface area (Å²) in [7, 11) is 0. The van der Waals surface area contributed by atoms with Gasteiger partial charge in [0.1, 0.15) is 11.7 Å². The molecule has 3 aromatic rings. The zero-order valence-corrected chi connectivity index (χ0v) is 26.4. The number of ether oxygens (including phenoxy) is 2. The number of amidine groups is 1. The first kappa shape index (κ1) is 32.9. The van der Waals surface area contributed by atoms with Crippen molar-refractivity contribution in [1.29, 1.82) is 0 Å². The third-order valence-electron chi connectivity index (χ3n) is 7.45. The van der Waals surface area contributed by atoms with Gasteiger partial charge in [0.05, 0.1) is 18.9 Å². The summed E-state index contributed by atoms with van der Waals surface area (Å²) in [5.41, 5.74) is 2.50. The van der Waals surface area contributed by atoms with Crippen LogP contribution in [0.1, 0.15) is 32.2 Å². The Labute approximate surface area is 259 Å². The number of aryl methyl sites for hydroxylation is 1. The highest BCUT2D eigenvalue weighted by molar-refractivity contribution is 5.94. The molecule has 238 valence electrons. The number of rotatable bonds is 11. The number of H-pyrrole nitrogens is 2. The molecule has 0 saturated carbocycles. The van der Waals surface area contributed by atoms with Crippen LogP contribution in [0.15, 0.2) is 52.2 Å². The molecule has 0 radical (unpaired) electrons. The smallest absolute Gasteiger partial charge is 0.181 e. The highest BCUT2D eigenvalue weighted by atomic mass is 19.1. The van der Waals surface area contributed by atoms with Crippen molar-refractivity contribution < 1.29 is 13.9 Å². The lowest BCUT2D eigenvalue weighted by atomic mass is 10.2. The van der Waals surface area contributed by atoms with Gasteiger partial charge in [0.15, 0.2) is 24.1 Å². The third-order valence-corrected chi connectivity index (χ3v) is 7.45. The van der Waals surface area contributed by atoms with E-state index in [2.05, 4.69) is 46.9 Å². The zero-order chi connectivity index (χ0) is 31.3. The van der Waals surface area contributed by atoms with Gasteiger partial charge in [0.2, 0.25) is 0 Å². The number of aromatic amines is 2. The van der Waals surface area contributed by atoms with Crippen LogP contribution in [0.2, 0.25) is 0 Å². The number of nitrogens with one attached hydrogen (secondary N) is 3. The maximum atomic E-state index is 15.1. The third kappa shape index (κ3) is 9.01. The molecule has 0 atom stereocenters. The normalized spacial score (nSPS) is 17.2. The molecule has 11 nitrogen and oxygen atoms in total. The van der Waals surface area contributed by atoms with Crippen LogP contribution in [-0.4, -0.2) is 115 Å². The summed E-state index contributed by atoms with van der Waals surface area (Å²) in [6.07, 6.45) is 5.69. The van der Waals surface area contributed by atoms with Crippen molar-refractivity contribution >= 4 is 35.3 Å². The number of anilines is 1. The minimum atomic E-state index is -0.399. The average Bonchev–Trinajstić information content (AvgIpc) is 3.67. The standard InChI is InChI=1S/C30H40FN9O2.C2H6/c1-4-5-23-19-28(37-36-23)35-27(32-3)20-29(33-21-42-26-7-6-25-24(30(26)31)18-22(2)34-25)40-12-10-38(11-13-40)8-9-39-14-16-41-17-15-39;1-2/h4-7,18-20,34H,3,8-17,21H2,1-2H3,(H2,35,36,37);1-2H3/b5-4+,27-20+,33-29+;. The molecule has 4 heterocycles. The molecule has 5 rings (SSSR count).